The Bertz CT molecular complexity index is 448. The van der Waals surface area contributed by atoms with Crippen molar-refractivity contribution in [2.45, 2.75) is 19.9 Å². The molecular weight excluding hydrogens is 230 g/mol. The van der Waals surface area contributed by atoms with Crippen molar-refractivity contribution < 1.29 is 9.53 Å². The van der Waals surface area contributed by atoms with E-state index >= 15 is 0 Å². The number of anilines is 1. The zero-order valence-electron chi connectivity index (χ0n) is 10.8. The van der Waals surface area contributed by atoms with Crippen LogP contribution >= 0.6 is 0 Å². The number of morpholine rings is 1. The number of aryl methyl sites for hydroxylation is 1. The highest BCUT2D eigenvalue weighted by Crippen LogP contribution is 2.18. The number of carbonyl (C=O) groups is 1. The van der Waals surface area contributed by atoms with Crippen molar-refractivity contribution in [3.63, 3.8) is 0 Å². The molecule has 1 aromatic carbocycles. The predicted molar refractivity (Wildman–Crippen MR) is 70.3 cm³/mol. The summed E-state index contributed by atoms with van der Waals surface area (Å²) in [6, 6.07) is 5.62. The minimum Gasteiger partial charge on any atom is -0.377 e. The maximum Gasteiger partial charge on any atom is 0.254 e. The van der Waals surface area contributed by atoms with Gasteiger partial charge in [-0.2, -0.15) is 0 Å². The molecule has 0 aromatic heterocycles. The lowest BCUT2D eigenvalue weighted by Crippen LogP contribution is -2.47. The second-order valence-corrected chi connectivity index (χ2v) is 4.60. The first-order chi connectivity index (χ1) is 8.63. The van der Waals surface area contributed by atoms with Gasteiger partial charge in [0, 0.05) is 17.8 Å². The van der Waals surface area contributed by atoms with Crippen molar-refractivity contribution in [1.29, 1.82) is 0 Å². The van der Waals surface area contributed by atoms with Crippen LogP contribution in [-0.2, 0) is 4.74 Å². The van der Waals surface area contributed by atoms with E-state index in [4.69, 9.17) is 10.6 Å². The molecule has 0 radical (unpaired) electrons. The van der Waals surface area contributed by atoms with Crippen LogP contribution in [0.25, 0.3) is 0 Å². The summed E-state index contributed by atoms with van der Waals surface area (Å²) in [7, 11) is 0. The van der Waals surface area contributed by atoms with Gasteiger partial charge in [-0.05, 0) is 37.6 Å². The van der Waals surface area contributed by atoms with E-state index in [9.17, 15) is 4.79 Å². The first kappa shape index (κ1) is 12.9. The van der Waals surface area contributed by atoms with Crippen LogP contribution in [-0.4, -0.2) is 36.6 Å². The van der Waals surface area contributed by atoms with E-state index in [0.29, 0.717) is 19.8 Å². The fourth-order valence-electron chi connectivity index (χ4n) is 2.18. The summed E-state index contributed by atoms with van der Waals surface area (Å²) in [5.74, 6) is 5.41. The SMILES string of the molecule is Cc1cc(NN)ccc1C(=O)N1CCOCC1C. The molecule has 0 spiro atoms. The lowest BCUT2D eigenvalue weighted by molar-refractivity contribution is 0.00355. The maximum absolute atomic E-state index is 12.4. The number of rotatable bonds is 2. The Morgan fingerprint density at radius 3 is 2.94 bits per heavy atom. The fraction of sp³-hybridized carbons (Fsp3) is 0.462. The second-order valence-electron chi connectivity index (χ2n) is 4.60. The van der Waals surface area contributed by atoms with Crippen LogP contribution in [0.3, 0.4) is 0 Å². The van der Waals surface area contributed by atoms with Crippen molar-refractivity contribution in [2.24, 2.45) is 5.84 Å². The van der Waals surface area contributed by atoms with Crippen LogP contribution in [0.1, 0.15) is 22.8 Å². The number of hydrogen-bond acceptors (Lipinski definition) is 4. The van der Waals surface area contributed by atoms with Gasteiger partial charge < -0.3 is 15.1 Å². The number of nitrogens with one attached hydrogen (secondary N) is 1. The summed E-state index contributed by atoms with van der Waals surface area (Å²) >= 11 is 0. The van der Waals surface area contributed by atoms with Crippen LogP contribution in [0.5, 0.6) is 0 Å². The monoisotopic (exact) mass is 249 g/mol. The van der Waals surface area contributed by atoms with Crippen LogP contribution in [0, 0.1) is 6.92 Å². The lowest BCUT2D eigenvalue weighted by Gasteiger charge is -2.33. The minimum atomic E-state index is 0.0619. The Kier molecular flexibility index (Phi) is 3.84. The third-order valence-electron chi connectivity index (χ3n) is 3.25. The molecule has 0 aliphatic carbocycles. The molecule has 98 valence electrons. The Morgan fingerprint density at radius 1 is 1.56 bits per heavy atom. The molecule has 0 bridgehead atoms. The first-order valence-electron chi connectivity index (χ1n) is 6.09. The standard InChI is InChI=1S/C13H19N3O2/c1-9-7-11(15-14)3-4-12(9)13(17)16-5-6-18-8-10(16)2/h3-4,7,10,15H,5-6,8,14H2,1-2H3. The minimum absolute atomic E-state index is 0.0619. The molecule has 1 atom stereocenters. The van der Waals surface area contributed by atoms with Gasteiger partial charge in [-0.15, -0.1) is 0 Å². The van der Waals surface area contributed by atoms with Crippen LogP contribution in [0.15, 0.2) is 18.2 Å². The third-order valence-corrected chi connectivity index (χ3v) is 3.25. The molecule has 1 heterocycles. The zero-order valence-corrected chi connectivity index (χ0v) is 10.8. The fourth-order valence-corrected chi connectivity index (χ4v) is 2.18. The number of amides is 1. The molecule has 1 saturated heterocycles. The Morgan fingerprint density at radius 2 is 2.33 bits per heavy atom. The Hall–Kier alpha value is -1.59. The molecule has 5 heteroatoms. The van der Waals surface area contributed by atoms with Crippen molar-refractivity contribution in [1.82, 2.24) is 4.90 Å². The highest BCUT2D eigenvalue weighted by molar-refractivity contribution is 5.96. The van der Waals surface area contributed by atoms with E-state index in [2.05, 4.69) is 5.43 Å². The average molecular weight is 249 g/mol. The van der Waals surface area contributed by atoms with Gasteiger partial charge in [-0.25, -0.2) is 0 Å². The molecular formula is C13H19N3O2. The van der Waals surface area contributed by atoms with Gasteiger partial charge in [0.25, 0.3) is 5.91 Å². The second kappa shape index (κ2) is 5.37. The maximum atomic E-state index is 12.4. The van der Waals surface area contributed by atoms with Crippen LogP contribution in [0.4, 0.5) is 5.69 Å². The molecule has 18 heavy (non-hydrogen) atoms. The number of benzene rings is 1. The van der Waals surface area contributed by atoms with Gasteiger partial charge in [0.15, 0.2) is 0 Å². The van der Waals surface area contributed by atoms with Crippen LogP contribution < -0.4 is 11.3 Å². The van der Waals surface area contributed by atoms with Crippen molar-refractivity contribution in [3.8, 4) is 0 Å². The number of carbonyl (C=O) groups excluding carboxylic acids is 1. The lowest BCUT2D eigenvalue weighted by atomic mass is 10.1. The van der Waals surface area contributed by atoms with Gasteiger partial charge in [0.1, 0.15) is 0 Å². The predicted octanol–water partition coefficient (Wildman–Crippen LogP) is 1.14. The van der Waals surface area contributed by atoms with Crippen molar-refractivity contribution in [3.05, 3.63) is 29.3 Å². The summed E-state index contributed by atoms with van der Waals surface area (Å²) in [6.45, 7) is 5.78. The summed E-state index contributed by atoms with van der Waals surface area (Å²) in [6.07, 6.45) is 0. The summed E-state index contributed by atoms with van der Waals surface area (Å²) in [5, 5.41) is 0. The Labute approximate surface area is 107 Å². The van der Waals surface area contributed by atoms with Crippen LogP contribution in [0.2, 0.25) is 0 Å². The average Bonchev–Trinajstić information content (AvgIpc) is 2.38. The smallest absolute Gasteiger partial charge is 0.254 e. The quantitative estimate of drug-likeness (QED) is 0.609. The van der Waals surface area contributed by atoms with Gasteiger partial charge in [-0.3, -0.25) is 10.6 Å². The van der Waals surface area contributed by atoms with Gasteiger partial charge >= 0.3 is 0 Å². The molecule has 1 aromatic rings. The topological polar surface area (TPSA) is 67.6 Å². The van der Waals surface area contributed by atoms with E-state index < -0.39 is 0 Å². The summed E-state index contributed by atoms with van der Waals surface area (Å²) < 4.78 is 5.34. The Balaban J connectivity index is 2.22. The molecule has 3 N–H and O–H groups in total. The largest absolute Gasteiger partial charge is 0.377 e. The van der Waals surface area contributed by atoms with Gasteiger partial charge in [0.2, 0.25) is 0 Å². The molecule has 2 rings (SSSR count). The molecule has 1 unspecified atom stereocenters. The van der Waals surface area contributed by atoms with E-state index in [1.54, 1.807) is 0 Å². The number of nitrogens with two attached hydrogens (primary N) is 1. The first-order valence-corrected chi connectivity index (χ1v) is 6.09. The van der Waals surface area contributed by atoms with Gasteiger partial charge in [0.05, 0.1) is 19.3 Å². The zero-order chi connectivity index (χ0) is 13.1. The number of ether oxygens (including phenoxy) is 1. The number of nitrogens with zero attached hydrogens (tertiary/aromatic N) is 1. The number of hydrogen-bond donors (Lipinski definition) is 2. The highest BCUT2D eigenvalue weighted by atomic mass is 16.5. The van der Waals surface area contributed by atoms with E-state index in [1.165, 1.54) is 0 Å². The molecule has 0 saturated carbocycles. The van der Waals surface area contributed by atoms with E-state index in [-0.39, 0.29) is 11.9 Å². The van der Waals surface area contributed by atoms with E-state index in [1.807, 2.05) is 36.9 Å². The highest BCUT2D eigenvalue weighted by Gasteiger charge is 2.25. The summed E-state index contributed by atoms with van der Waals surface area (Å²) in [4.78, 5) is 14.3. The molecule has 5 nitrogen and oxygen atoms in total. The molecule has 1 fully saturated rings. The molecule has 1 amide bonds. The van der Waals surface area contributed by atoms with Gasteiger partial charge in [-0.1, -0.05) is 0 Å². The number of hydrazine groups is 1. The molecule has 1 aliphatic rings. The molecule has 1 aliphatic heterocycles. The summed E-state index contributed by atoms with van der Waals surface area (Å²) in [5.41, 5.74) is 5.03. The normalized spacial score (nSPS) is 19.7. The number of nitrogen functional groups attached to an aromatic ring is 1. The van der Waals surface area contributed by atoms with E-state index in [0.717, 1.165) is 16.8 Å². The van der Waals surface area contributed by atoms with Crippen molar-refractivity contribution in [2.75, 3.05) is 25.2 Å². The van der Waals surface area contributed by atoms with Crippen molar-refractivity contribution >= 4 is 11.6 Å². The third kappa shape index (κ3) is 2.47.